The fourth-order valence-electron chi connectivity index (χ4n) is 3.14. The summed E-state index contributed by atoms with van der Waals surface area (Å²) in [5, 5.41) is 10.7. The highest BCUT2D eigenvalue weighted by molar-refractivity contribution is 5.75. The molecule has 1 aliphatic rings. The second-order valence-corrected chi connectivity index (χ2v) is 6.09. The third-order valence-corrected chi connectivity index (χ3v) is 4.42. The van der Waals surface area contributed by atoms with Crippen LogP contribution in [0, 0.1) is 17.6 Å². The van der Waals surface area contributed by atoms with E-state index in [-0.39, 0.29) is 23.9 Å². The van der Waals surface area contributed by atoms with Crippen LogP contribution >= 0.6 is 0 Å². The molecular formula is C16H19F2N5O. The molecule has 1 aliphatic heterocycles. The molecule has 8 heteroatoms. The smallest absolute Gasteiger partial charge is 0.244 e. The maximum atomic E-state index is 13.7. The van der Waals surface area contributed by atoms with E-state index < -0.39 is 11.6 Å². The van der Waals surface area contributed by atoms with Gasteiger partial charge in [0.2, 0.25) is 5.91 Å². The molecule has 1 amide bonds. The number of carbonyl (C=O) groups excluding carboxylic acids is 1. The molecule has 24 heavy (non-hydrogen) atoms. The van der Waals surface area contributed by atoms with Crippen LogP contribution in [0.3, 0.4) is 0 Å². The maximum absolute atomic E-state index is 13.7. The second kappa shape index (κ2) is 7.46. The lowest BCUT2D eigenvalue weighted by molar-refractivity contribution is -0.133. The molecule has 6 nitrogen and oxygen atoms in total. The van der Waals surface area contributed by atoms with Crippen LogP contribution in [0.25, 0.3) is 0 Å². The highest BCUT2D eigenvalue weighted by Gasteiger charge is 2.24. The summed E-state index contributed by atoms with van der Waals surface area (Å²) in [6, 6.07) is 3.93. The average molecular weight is 335 g/mol. The molecule has 2 heterocycles. The number of hydrogen-bond donors (Lipinski definition) is 0. The zero-order valence-electron chi connectivity index (χ0n) is 13.2. The SMILES string of the molecule is O=C(Cn1cnnn1)N1CCCC(CCc2c(F)cccc2F)C1. The number of tetrazole rings is 1. The van der Waals surface area contributed by atoms with Gasteiger partial charge in [-0.1, -0.05) is 6.07 Å². The fourth-order valence-corrected chi connectivity index (χ4v) is 3.14. The molecule has 1 fully saturated rings. The summed E-state index contributed by atoms with van der Waals surface area (Å²) in [4.78, 5) is 14.1. The van der Waals surface area contributed by atoms with E-state index in [1.807, 2.05) is 0 Å². The molecule has 1 aromatic heterocycles. The maximum Gasteiger partial charge on any atom is 0.244 e. The molecule has 0 N–H and O–H groups in total. The number of halogens is 2. The molecule has 0 saturated carbocycles. The van der Waals surface area contributed by atoms with Crippen LogP contribution in [0.2, 0.25) is 0 Å². The van der Waals surface area contributed by atoms with Crippen molar-refractivity contribution in [1.29, 1.82) is 0 Å². The first-order chi connectivity index (χ1) is 11.6. The largest absolute Gasteiger partial charge is 0.341 e. The molecule has 0 bridgehead atoms. The first-order valence-electron chi connectivity index (χ1n) is 8.05. The summed E-state index contributed by atoms with van der Waals surface area (Å²) < 4.78 is 28.8. The summed E-state index contributed by atoms with van der Waals surface area (Å²) in [6.45, 7) is 1.42. The minimum absolute atomic E-state index is 0.0379. The number of carbonyl (C=O) groups is 1. The molecule has 2 aromatic rings. The summed E-state index contributed by atoms with van der Waals surface area (Å²) in [5.41, 5.74) is 0.134. The van der Waals surface area contributed by atoms with Gasteiger partial charge in [0, 0.05) is 18.7 Å². The lowest BCUT2D eigenvalue weighted by Gasteiger charge is -2.32. The van der Waals surface area contributed by atoms with Gasteiger partial charge >= 0.3 is 0 Å². The molecular weight excluding hydrogens is 316 g/mol. The predicted molar refractivity (Wildman–Crippen MR) is 81.8 cm³/mol. The Morgan fingerprint density at radius 3 is 2.79 bits per heavy atom. The van der Waals surface area contributed by atoms with Crippen molar-refractivity contribution in [1.82, 2.24) is 25.1 Å². The highest BCUT2D eigenvalue weighted by atomic mass is 19.1. The van der Waals surface area contributed by atoms with E-state index in [0.29, 0.717) is 25.9 Å². The predicted octanol–water partition coefficient (Wildman–Crippen LogP) is 1.82. The van der Waals surface area contributed by atoms with E-state index in [9.17, 15) is 13.6 Å². The van der Waals surface area contributed by atoms with Crippen molar-refractivity contribution < 1.29 is 13.6 Å². The molecule has 1 atom stereocenters. The van der Waals surface area contributed by atoms with E-state index in [2.05, 4.69) is 15.5 Å². The number of amides is 1. The third kappa shape index (κ3) is 3.93. The van der Waals surface area contributed by atoms with Crippen molar-refractivity contribution in [3.63, 3.8) is 0 Å². The zero-order chi connectivity index (χ0) is 16.9. The van der Waals surface area contributed by atoms with E-state index in [1.165, 1.54) is 29.2 Å². The molecule has 1 aromatic carbocycles. The van der Waals surface area contributed by atoms with Crippen molar-refractivity contribution in [3.8, 4) is 0 Å². The molecule has 128 valence electrons. The van der Waals surface area contributed by atoms with Gasteiger partial charge in [-0.25, -0.2) is 13.5 Å². The first-order valence-corrected chi connectivity index (χ1v) is 8.05. The quantitative estimate of drug-likeness (QED) is 0.836. The first kappa shape index (κ1) is 16.5. The monoisotopic (exact) mass is 335 g/mol. The lowest BCUT2D eigenvalue weighted by Crippen LogP contribution is -2.41. The normalized spacial score (nSPS) is 17.9. The number of nitrogens with zero attached hydrogens (tertiary/aromatic N) is 5. The van der Waals surface area contributed by atoms with Gasteiger partial charge in [0.25, 0.3) is 0 Å². The van der Waals surface area contributed by atoms with E-state index >= 15 is 0 Å². The van der Waals surface area contributed by atoms with Crippen molar-refractivity contribution in [2.75, 3.05) is 13.1 Å². The Balaban J connectivity index is 1.54. The Kier molecular flexibility index (Phi) is 5.12. The van der Waals surface area contributed by atoms with Crippen LogP contribution in [0.5, 0.6) is 0 Å². The molecule has 0 radical (unpaired) electrons. The number of likely N-dealkylation sites (tertiary alicyclic amines) is 1. The number of rotatable bonds is 5. The fraction of sp³-hybridized carbons (Fsp3) is 0.500. The topological polar surface area (TPSA) is 63.9 Å². The zero-order valence-corrected chi connectivity index (χ0v) is 13.2. The van der Waals surface area contributed by atoms with Crippen LogP contribution in [-0.4, -0.2) is 44.1 Å². The van der Waals surface area contributed by atoms with Crippen molar-refractivity contribution >= 4 is 5.91 Å². The standard InChI is InChI=1S/C16H19F2N5O/c17-14-4-1-5-15(18)13(14)7-6-12-3-2-8-22(9-12)16(24)10-23-11-19-20-21-23/h1,4-5,11-12H,2-3,6-10H2. The van der Waals surface area contributed by atoms with Crippen LogP contribution in [0.15, 0.2) is 24.5 Å². The number of hydrogen-bond acceptors (Lipinski definition) is 4. The van der Waals surface area contributed by atoms with Crippen molar-refractivity contribution in [2.45, 2.75) is 32.2 Å². The molecule has 3 rings (SSSR count). The molecule has 1 unspecified atom stereocenters. The van der Waals surface area contributed by atoms with Gasteiger partial charge in [-0.3, -0.25) is 4.79 Å². The van der Waals surface area contributed by atoms with Gasteiger partial charge in [0.05, 0.1) is 0 Å². The van der Waals surface area contributed by atoms with E-state index in [4.69, 9.17) is 0 Å². The molecule has 0 aliphatic carbocycles. The number of aromatic nitrogens is 4. The summed E-state index contributed by atoms with van der Waals surface area (Å²) in [5.74, 6) is -0.797. The number of piperidine rings is 1. The van der Waals surface area contributed by atoms with Crippen LogP contribution < -0.4 is 0 Å². The van der Waals surface area contributed by atoms with Gasteiger partial charge in [-0.05, 0) is 54.2 Å². The Hall–Kier alpha value is -2.38. The number of benzene rings is 1. The van der Waals surface area contributed by atoms with Gasteiger partial charge in [0.1, 0.15) is 24.5 Å². The van der Waals surface area contributed by atoms with Crippen LogP contribution in [0.4, 0.5) is 8.78 Å². The average Bonchev–Trinajstić information content (AvgIpc) is 3.07. The molecule has 0 spiro atoms. The Bertz CT molecular complexity index is 672. The van der Waals surface area contributed by atoms with Gasteiger partial charge < -0.3 is 4.90 Å². The van der Waals surface area contributed by atoms with Crippen LogP contribution in [0.1, 0.15) is 24.8 Å². The Morgan fingerprint density at radius 1 is 1.29 bits per heavy atom. The highest BCUT2D eigenvalue weighted by Crippen LogP contribution is 2.23. The molecule has 1 saturated heterocycles. The summed E-state index contributed by atoms with van der Waals surface area (Å²) >= 11 is 0. The van der Waals surface area contributed by atoms with Gasteiger partial charge in [0.15, 0.2) is 0 Å². The van der Waals surface area contributed by atoms with E-state index in [0.717, 1.165) is 12.8 Å². The third-order valence-electron chi connectivity index (χ3n) is 4.42. The van der Waals surface area contributed by atoms with Gasteiger partial charge in [-0.2, -0.15) is 0 Å². The summed E-state index contributed by atoms with van der Waals surface area (Å²) in [6.07, 6.45) is 4.27. The lowest BCUT2D eigenvalue weighted by atomic mass is 9.91. The minimum Gasteiger partial charge on any atom is -0.341 e. The Morgan fingerprint density at radius 2 is 2.08 bits per heavy atom. The van der Waals surface area contributed by atoms with Crippen LogP contribution in [-0.2, 0) is 17.8 Å². The summed E-state index contributed by atoms with van der Waals surface area (Å²) in [7, 11) is 0. The van der Waals surface area contributed by atoms with E-state index in [1.54, 1.807) is 4.90 Å². The second-order valence-electron chi connectivity index (χ2n) is 6.09. The van der Waals surface area contributed by atoms with Crippen molar-refractivity contribution in [3.05, 3.63) is 41.7 Å². The minimum atomic E-state index is -0.502. The van der Waals surface area contributed by atoms with Crippen molar-refractivity contribution in [2.24, 2.45) is 5.92 Å². The van der Waals surface area contributed by atoms with Gasteiger partial charge in [-0.15, -0.1) is 5.10 Å². The Labute approximate surface area is 138 Å².